The molecule has 0 aliphatic carbocycles. The number of halogens is 5. The summed E-state index contributed by atoms with van der Waals surface area (Å²) in [7, 11) is 0. The Labute approximate surface area is 98.3 Å². The second-order valence-corrected chi connectivity index (χ2v) is 3.38. The fourth-order valence-electron chi connectivity index (χ4n) is 0.884. The number of ether oxygens (including phenoxy) is 1. The Balaban J connectivity index is 2.57. The molecule has 1 N–H and O–H groups in total. The van der Waals surface area contributed by atoms with Crippen molar-refractivity contribution in [3.05, 3.63) is 29.0 Å². The molecule has 0 bridgehead atoms. The highest BCUT2D eigenvalue weighted by molar-refractivity contribution is 6.30. The van der Waals surface area contributed by atoms with Crippen molar-refractivity contribution in [2.45, 2.75) is 6.18 Å². The van der Waals surface area contributed by atoms with E-state index in [1.807, 2.05) is 5.32 Å². The van der Waals surface area contributed by atoms with Gasteiger partial charge in [0.05, 0.1) is 5.69 Å². The number of hydrogen-bond acceptors (Lipinski definition) is 2. The summed E-state index contributed by atoms with van der Waals surface area (Å²) in [5.74, 6) is -0.874. The van der Waals surface area contributed by atoms with Crippen molar-refractivity contribution in [3.63, 3.8) is 0 Å². The second kappa shape index (κ2) is 5.22. The molecule has 0 unspecified atom stereocenters. The third kappa shape index (κ3) is 4.90. The van der Waals surface area contributed by atoms with Crippen LogP contribution in [0.5, 0.6) is 0 Å². The fourth-order valence-corrected chi connectivity index (χ4v) is 1.04. The van der Waals surface area contributed by atoms with Crippen LogP contribution in [0.15, 0.2) is 18.2 Å². The van der Waals surface area contributed by atoms with Gasteiger partial charge in [0.1, 0.15) is 5.82 Å². The molecule has 1 aromatic carbocycles. The Morgan fingerprint density at radius 3 is 2.59 bits per heavy atom. The number of carbonyl (C=O) groups excluding carboxylic acids is 1. The van der Waals surface area contributed by atoms with E-state index in [1.165, 1.54) is 6.07 Å². The number of amides is 1. The van der Waals surface area contributed by atoms with Gasteiger partial charge in [0, 0.05) is 5.02 Å². The third-order valence-corrected chi connectivity index (χ3v) is 1.77. The van der Waals surface area contributed by atoms with Crippen molar-refractivity contribution >= 4 is 23.4 Å². The molecule has 94 valence electrons. The quantitative estimate of drug-likeness (QED) is 0.835. The zero-order chi connectivity index (χ0) is 13.1. The Hall–Kier alpha value is -1.50. The third-order valence-electron chi connectivity index (χ3n) is 1.53. The summed E-state index contributed by atoms with van der Waals surface area (Å²) in [6.45, 7) is -1.74. The molecule has 8 heteroatoms. The van der Waals surface area contributed by atoms with Crippen molar-refractivity contribution in [3.8, 4) is 0 Å². The van der Waals surface area contributed by atoms with Crippen molar-refractivity contribution in [1.82, 2.24) is 0 Å². The van der Waals surface area contributed by atoms with Gasteiger partial charge in [-0.15, -0.1) is 0 Å². The highest BCUT2D eigenvalue weighted by atomic mass is 35.5. The monoisotopic (exact) mass is 271 g/mol. The maximum absolute atomic E-state index is 13.1. The van der Waals surface area contributed by atoms with Gasteiger partial charge >= 0.3 is 12.3 Å². The summed E-state index contributed by atoms with van der Waals surface area (Å²) in [6, 6.07) is 3.28. The Morgan fingerprint density at radius 2 is 2.06 bits per heavy atom. The predicted octanol–water partition coefficient (Wildman–Crippen LogP) is 3.59. The molecule has 1 amide bonds. The van der Waals surface area contributed by atoms with Gasteiger partial charge in [-0.3, -0.25) is 5.32 Å². The lowest BCUT2D eigenvalue weighted by molar-refractivity contribution is -0.159. The first-order valence-corrected chi connectivity index (χ1v) is 4.61. The number of rotatable bonds is 2. The van der Waals surface area contributed by atoms with E-state index in [0.717, 1.165) is 12.1 Å². The van der Waals surface area contributed by atoms with E-state index in [1.54, 1.807) is 0 Å². The molecule has 0 aliphatic rings. The second-order valence-electron chi connectivity index (χ2n) is 2.94. The topological polar surface area (TPSA) is 38.3 Å². The van der Waals surface area contributed by atoms with Crippen LogP contribution in [0.3, 0.4) is 0 Å². The smallest absolute Gasteiger partial charge is 0.422 e. The fraction of sp³-hybridized carbons (Fsp3) is 0.222. The molecule has 0 radical (unpaired) electrons. The summed E-state index contributed by atoms with van der Waals surface area (Å²) in [5, 5.41) is 1.91. The maximum Gasteiger partial charge on any atom is 0.422 e. The molecule has 0 saturated carbocycles. The summed E-state index contributed by atoms with van der Waals surface area (Å²) < 4.78 is 52.0. The van der Waals surface area contributed by atoms with Gasteiger partial charge in [0.2, 0.25) is 0 Å². The van der Waals surface area contributed by atoms with Crippen molar-refractivity contribution in [2.24, 2.45) is 0 Å². The zero-order valence-electron chi connectivity index (χ0n) is 8.15. The van der Waals surface area contributed by atoms with Gasteiger partial charge in [-0.1, -0.05) is 11.6 Å². The van der Waals surface area contributed by atoms with Crippen LogP contribution in [0.2, 0.25) is 5.02 Å². The normalized spacial score (nSPS) is 11.1. The number of alkyl halides is 3. The molecule has 0 atom stereocenters. The molecule has 1 aromatic rings. The summed E-state index contributed by atoms with van der Waals surface area (Å²) in [6.07, 6.45) is -6.03. The minimum absolute atomic E-state index is 0.0942. The molecular weight excluding hydrogens is 266 g/mol. The molecule has 1 rings (SSSR count). The van der Waals surface area contributed by atoms with Crippen LogP contribution in [-0.2, 0) is 4.74 Å². The van der Waals surface area contributed by atoms with E-state index in [4.69, 9.17) is 11.6 Å². The molecular formula is C9H6ClF4NO2. The largest absolute Gasteiger partial charge is 0.440 e. The van der Waals surface area contributed by atoms with E-state index in [0.29, 0.717) is 0 Å². The lowest BCUT2D eigenvalue weighted by atomic mass is 10.3. The van der Waals surface area contributed by atoms with Gasteiger partial charge in [-0.25, -0.2) is 9.18 Å². The Morgan fingerprint density at radius 1 is 1.41 bits per heavy atom. The minimum Gasteiger partial charge on any atom is -0.440 e. The van der Waals surface area contributed by atoms with Crippen LogP contribution in [0, 0.1) is 5.82 Å². The molecule has 3 nitrogen and oxygen atoms in total. The molecule has 0 spiro atoms. The standard InChI is InChI=1S/C9H6ClF4NO2/c10-5-1-2-7(6(11)3-5)15-8(16)17-4-9(12,13)14/h1-3H,4H2,(H,15,16). The summed E-state index contributed by atoms with van der Waals surface area (Å²) in [4.78, 5) is 10.9. The summed E-state index contributed by atoms with van der Waals surface area (Å²) >= 11 is 5.44. The molecule has 17 heavy (non-hydrogen) atoms. The Kier molecular flexibility index (Phi) is 4.17. The van der Waals surface area contributed by atoms with Crippen LogP contribution < -0.4 is 5.32 Å². The molecule has 0 saturated heterocycles. The first-order valence-electron chi connectivity index (χ1n) is 4.23. The van der Waals surface area contributed by atoms with Crippen molar-refractivity contribution in [2.75, 3.05) is 11.9 Å². The number of benzene rings is 1. The lowest BCUT2D eigenvalue weighted by Gasteiger charge is -2.09. The van der Waals surface area contributed by atoms with E-state index in [9.17, 15) is 22.4 Å². The predicted molar refractivity (Wildman–Crippen MR) is 52.4 cm³/mol. The highest BCUT2D eigenvalue weighted by Crippen LogP contribution is 2.19. The number of anilines is 1. The summed E-state index contributed by atoms with van der Waals surface area (Å²) in [5.41, 5.74) is -0.318. The van der Waals surface area contributed by atoms with E-state index >= 15 is 0 Å². The Bertz CT molecular complexity index is 422. The van der Waals surface area contributed by atoms with Gasteiger partial charge < -0.3 is 4.74 Å². The number of hydrogen-bond donors (Lipinski definition) is 1. The highest BCUT2D eigenvalue weighted by Gasteiger charge is 2.29. The van der Waals surface area contributed by atoms with Crippen molar-refractivity contribution in [1.29, 1.82) is 0 Å². The van der Waals surface area contributed by atoms with Crippen LogP contribution >= 0.6 is 11.6 Å². The van der Waals surface area contributed by atoms with Gasteiger partial charge in [0.25, 0.3) is 0 Å². The van der Waals surface area contributed by atoms with Gasteiger partial charge in [-0.2, -0.15) is 13.2 Å². The molecule has 0 fully saturated rings. The van der Waals surface area contributed by atoms with E-state index < -0.39 is 24.7 Å². The zero-order valence-corrected chi connectivity index (χ0v) is 8.90. The van der Waals surface area contributed by atoms with E-state index in [-0.39, 0.29) is 10.7 Å². The first-order chi connectivity index (χ1) is 7.78. The first kappa shape index (κ1) is 13.6. The molecule has 0 aliphatic heterocycles. The lowest BCUT2D eigenvalue weighted by Crippen LogP contribution is -2.23. The average Bonchev–Trinajstić information content (AvgIpc) is 2.18. The van der Waals surface area contributed by atoms with Crippen LogP contribution in [0.25, 0.3) is 0 Å². The van der Waals surface area contributed by atoms with Crippen LogP contribution in [-0.4, -0.2) is 18.9 Å². The van der Waals surface area contributed by atoms with Crippen LogP contribution in [0.1, 0.15) is 0 Å². The number of nitrogens with one attached hydrogen (secondary N) is 1. The van der Waals surface area contributed by atoms with Gasteiger partial charge in [0.15, 0.2) is 6.61 Å². The van der Waals surface area contributed by atoms with Crippen molar-refractivity contribution < 1.29 is 27.1 Å². The molecule has 0 aromatic heterocycles. The number of carbonyl (C=O) groups is 1. The average molecular weight is 272 g/mol. The molecule has 0 heterocycles. The van der Waals surface area contributed by atoms with Crippen LogP contribution in [0.4, 0.5) is 28.0 Å². The minimum atomic E-state index is -4.63. The maximum atomic E-state index is 13.1. The van der Waals surface area contributed by atoms with E-state index in [2.05, 4.69) is 4.74 Å². The SMILES string of the molecule is O=C(Nc1ccc(Cl)cc1F)OCC(F)(F)F. The van der Waals surface area contributed by atoms with Gasteiger partial charge in [-0.05, 0) is 18.2 Å².